The zero-order valence-corrected chi connectivity index (χ0v) is 14.0. The Hall–Kier alpha value is -2.56. The lowest BCUT2D eigenvalue weighted by Gasteiger charge is -2.36. The molecule has 3 rings (SSSR count). The van der Waals surface area contributed by atoms with E-state index in [9.17, 15) is 9.18 Å². The van der Waals surface area contributed by atoms with E-state index in [0.29, 0.717) is 18.7 Å². The van der Waals surface area contributed by atoms with Crippen LogP contribution in [0.25, 0.3) is 0 Å². The highest BCUT2D eigenvalue weighted by atomic mass is 19.1. The normalized spacial score (nSPS) is 14.6. The van der Waals surface area contributed by atoms with E-state index in [-0.39, 0.29) is 11.7 Å². The maximum Gasteiger partial charge on any atom is 0.254 e. The lowest BCUT2D eigenvalue weighted by Crippen LogP contribution is -2.48. The molecule has 2 aromatic rings. The molecule has 126 valence electrons. The molecular formula is C19H21FN2O2. The highest BCUT2D eigenvalue weighted by Gasteiger charge is 2.24. The number of halogens is 1. The summed E-state index contributed by atoms with van der Waals surface area (Å²) >= 11 is 0. The summed E-state index contributed by atoms with van der Waals surface area (Å²) in [6.07, 6.45) is 0. The molecule has 0 atom stereocenters. The van der Waals surface area contributed by atoms with Gasteiger partial charge in [-0.05, 0) is 42.8 Å². The van der Waals surface area contributed by atoms with E-state index in [4.69, 9.17) is 4.74 Å². The van der Waals surface area contributed by atoms with Gasteiger partial charge in [-0.3, -0.25) is 4.79 Å². The number of hydrogen-bond acceptors (Lipinski definition) is 3. The number of aryl methyl sites for hydroxylation is 1. The molecule has 0 aliphatic carbocycles. The quantitative estimate of drug-likeness (QED) is 0.868. The largest absolute Gasteiger partial charge is 0.495 e. The molecule has 0 N–H and O–H groups in total. The first kappa shape index (κ1) is 16.3. The summed E-state index contributed by atoms with van der Waals surface area (Å²) in [6.45, 7) is 4.70. The van der Waals surface area contributed by atoms with Crippen molar-refractivity contribution in [3.63, 3.8) is 0 Å². The van der Waals surface area contributed by atoms with E-state index >= 15 is 0 Å². The number of carbonyl (C=O) groups is 1. The van der Waals surface area contributed by atoms with Gasteiger partial charge in [0.1, 0.15) is 11.6 Å². The molecule has 0 saturated carbocycles. The highest BCUT2D eigenvalue weighted by molar-refractivity contribution is 5.94. The molecule has 4 nitrogen and oxygen atoms in total. The molecule has 2 aromatic carbocycles. The van der Waals surface area contributed by atoms with Gasteiger partial charge < -0.3 is 14.5 Å². The molecule has 24 heavy (non-hydrogen) atoms. The van der Waals surface area contributed by atoms with Crippen molar-refractivity contribution >= 4 is 11.6 Å². The third kappa shape index (κ3) is 3.35. The minimum Gasteiger partial charge on any atom is -0.495 e. The molecule has 0 radical (unpaired) electrons. The van der Waals surface area contributed by atoms with Crippen molar-refractivity contribution < 1.29 is 13.9 Å². The third-order valence-electron chi connectivity index (χ3n) is 4.31. The van der Waals surface area contributed by atoms with Gasteiger partial charge in [-0.15, -0.1) is 0 Å². The number of piperazine rings is 1. The number of hydrogen-bond donors (Lipinski definition) is 0. The third-order valence-corrected chi connectivity index (χ3v) is 4.31. The van der Waals surface area contributed by atoms with Crippen molar-refractivity contribution in [3.8, 4) is 5.75 Å². The highest BCUT2D eigenvalue weighted by Crippen LogP contribution is 2.30. The van der Waals surface area contributed by atoms with E-state index in [1.54, 1.807) is 24.1 Å². The summed E-state index contributed by atoms with van der Waals surface area (Å²) < 4.78 is 18.8. The van der Waals surface area contributed by atoms with Crippen LogP contribution in [0.2, 0.25) is 0 Å². The van der Waals surface area contributed by atoms with E-state index in [1.165, 1.54) is 17.7 Å². The first-order valence-corrected chi connectivity index (χ1v) is 8.03. The van der Waals surface area contributed by atoms with Crippen LogP contribution < -0.4 is 9.64 Å². The van der Waals surface area contributed by atoms with Crippen LogP contribution in [0, 0.1) is 12.7 Å². The van der Waals surface area contributed by atoms with E-state index in [2.05, 4.69) is 11.0 Å². The number of nitrogens with zero attached hydrogens (tertiary/aromatic N) is 2. The Kier molecular flexibility index (Phi) is 4.69. The van der Waals surface area contributed by atoms with Crippen molar-refractivity contribution in [2.45, 2.75) is 6.92 Å². The first-order chi connectivity index (χ1) is 11.6. The second kappa shape index (κ2) is 6.91. The van der Waals surface area contributed by atoms with Crippen molar-refractivity contribution in [2.75, 3.05) is 38.2 Å². The number of methoxy groups -OCH3 is 1. The Morgan fingerprint density at radius 1 is 1.08 bits per heavy atom. The fourth-order valence-corrected chi connectivity index (χ4v) is 3.00. The molecule has 0 aromatic heterocycles. The summed E-state index contributed by atoms with van der Waals surface area (Å²) in [5.74, 6) is 0.333. The van der Waals surface area contributed by atoms with Gasteiger partial charge in [-0.25, -0.2) is 4.39 Å². The number of carbonyl (C=O) groups excluding carboxylic acids is 1. The van der Waals surface area contributed by atoms with Gasteiger partial charge in [0, 0.05) is 31.7 Å². The number of anilines is 1. The molecule has 1 saturated heterocycles. The predicted molar refractivity (Wildman–Crippen MR) is 92.2 cm³/mol. The molecule has 1 amide bonds. The van der Waals surface area contributed by atoms with Crippen LogP contribution in [0.1, 0.15) is 15.9 Å². The van der Waals surface area contributed by atoms with Gasteiger partial charge in [0.2, 0.25) is 0 Å². The van der Waals surface area contributed by atoms with E-state index in [0.717, 1.165) is 24.5 Å². The zero-order valence-electron chi connectivity index (χ0n) is 14.0. The molecule has 0 unspecified atom stereocenters. The molecular weight excluding hydrogens is 307 g/mol. The average molecular weight is 328 g/mol. The number of rotatable bonds is 3. The molecule has 5 heteroatoms. The maximum absolute atomic E-state index is 13.3. The van der Waals surface area contributed by atoms with Crippen molar-refractivity contribution in [1.82, 2.24) is 4.90 Å². The van der Waals surface area contributed by atoms with Crippen molar-refractivity contribution in [2.24, 2.45) is 0 Å². The SMILES string of the molecule is COc1ccc(C)cc1N1CCN(C(=O)c2cccc(F)c2)CC1. The Balaban J connectivity index is 1.70. The smallest absolute Gasteiger partial charge is 0.254 e. The zero-order chi connectivity index (χ0) is 17.1. The lowest BCUT2D eigenvalue weighted by molar-refractivity contribution is 0.0746. The Labute approximate surface area is 141 Å². The predicted octanol–water partition coefficient (Wildman–Crippen LogP) is 3.11. The minimum absolute atomic E-state index is 0.120. The van der Waals surface area contributed by atoms with Gasteiger partial charge >= 0.3 is 0 Å². The molecule has 1 aliphatic rings. The number of amides is 1. The van der Waals surface area contributed by atoms with Crippen LogP contribution in [0.5, 0.6) is 5.75 Å². The van der Waals surface area contributed by atoms with E-state index < -0.39 is 0 Å². The molecule has 1 fully saturated rings. The molecule has 1 heterocycles. The van der Waals surface area contributed by atoms with Crippen molar-refractivity contribution in [3.05, 3.63) is 59.4 Å². The minimum atomic E-state index is -0.385. The Morgan fingerprint density at radius 2 is 1.83 bits per heavy atom. The number of ether oxygens (including phenoxy) is 1. The summed E-state index contributed by atoms with van der Waals surface area (Å²) in [5.41, 5.74) is 2.62. The summed E-state index contributed by atoms with van der Waals surface area (Å²) in [4.78, 5) is 16.5. The summed E-state index contributed by atoms with van der Waals surface area (Å²) in [7, 11) is 1.66. The fourth-order valence-electron chi connectivity index (χ4n) is 3.00. The Bertz CT molecular complexity index is 740. The molecule has 1 aliphatic heterocycles. The number of benzene rings is 2. The standard InChI is InChI=1S/C19H21FN2O2/c1-14-6-7-18(24-2)17(12-14)21-8-10-22(11-9-21)19(23)15-4-3-5-16(20)13-15/h3-7,12-13H,8-11H2,1-2H3. The fraction of sp³-hybridized carbons (Fsp3) is 0.316. The van der Waals surface area contributed by atoms with Crippen LogP contribution in [0.4, 0.5) is 10.1 Å². The topological polar surface area (TPSA) is 32.8 Å². The average Bonchev–Trinajstić information content (AvgIpc) is 2.61. The van der Waals surface area contributed by atoms with Gasteiger partial charge in [-0.2, -0.15) is 0 Å². The van der Waals surface area contributed by atoms with Crippen LogP contribution in [-0.2, 0) is 0 Å². The molecule has 0 spiro atoms. The van der Waals surface area contributed by atoms with Crippen molar-refractivity contribution in [1.29, 1.82) is 0 Å². The second-order valence-corrected chi connectivity index (χ2v) is 5.96. The summed E-state index contributed by atoms with van der Waals surface area (Å²) in [5, 5.41) is 0. The lowest BCUT2D eigenvalue weighted by atomic mass is 10.1. The van der Waals surface area contributed by atoms with Gasteiger partial charge in [0.05, 0.1) is 12.8 Å². The second-order valence-electron chi connectivity index (χ2n) is 5.96. The Morgan fingerprint density at radius 3 is 2.50 bits per heavy atom. The van der Waals surface area contributed by atoms with Crippen LogP contribution in [0.3, 0.4) is 0 Å². The van der Waals surface area contributed by atoms with Gasteiger partial charge in [0.25, 0.3) is 5.91 Å². The summed E-state index contributed by atoms with van der Waals surface area (Å²) in [6, 6.07) is 11.9. The van der Waals surface area contributed by atoms with Gasteiger partial charge in [0.15, 0.2) is 0 Å². The van der Waals surface area contributed by atoms with Crippen LogP contribution in [-0.4, -0.2) is 44.1 Å². The monoisotopic (exact) mass is 328 g/mol. The maximum atomic E-state index is 13.3. The molecule has 0 bridgehead atoms. The van der Waals surface area contributed by atoms with Gasteiger partial charge in [-0.1, -0.05) is 12.1 Å². The van der Waals surface area contributed by atoms with Crippen LogP contribution in [0.15, 0.2) is 42.5 Å². The van der Waals surface area contributed by atoms with Crippen LogP contribution >= 0.6 is 0 Å². The van der Waals surface area contributed by atoms with E-state index in [1.807, 2.05) is 19.1 Å². The first-order valence-electron chi connectivity index (χ1n) is 8.03.